The molecule has 0 bridgehead atoms. The number of carbonyl (C=O) groups excluding carboxylic acids is 1. The van der Waals surface area contributed by atoms with E-state index in [0.717, 1.165) is 30.3 Å². The molecule has 1 aliphatic carbocycles. The summed E-state index contributed by atoms with van der Waals surface area (Å²) in [6.45, 7) is 2.83. The van der Waals surface area contributed by atoms with Crippen LogP contribution >= 0.6 is 0 Å². The summed E-state index contributed by atoms with van der Waals surface area (Å²) >= 11 is 0. The zero-order valence-electron chi connectivity index (χ0n) is 12.7. The Bertz CT molecular complexity index is 543. The summed E-state index contributed by atoms with van der Waals surface area (Å²) in [6, 6.07) is 2.33. The Morgan fingerprint density at radius 2 is 2.10 bits per heavy atom. The van der Waals surface area contributed by atoms with Crippen LogP contribution in [0.3, 0.4) is 0 Å². The van der Waals surface area contributed by atoms with Crippen molar-refractivity contribution in [2.45, 2.75) is 44.6 Å². The molecule has 1 saturated carbocycles. The number of carbonyl (C=O) groups is 1. The van der Waals surface area contributed by atoms with Crippen LogP contribution in [0.5, 0.6) is 0 Å². The summed E-state index contributed by atoms with van der Waals surface area (Å²) in [5, 5.41) is 3.11. The Kier molecular flexibility index (Phi) is 3.69. The van der Waals surface area contributed by atoms with E-state index < -0.39 is 0 Å². The molecular formula is C15H23N5O. The fraction of sp³-hybridized carbons (Fsp3) is 0.667. The van der Waals surface area contributed by atoms with Crippen LogP contribution in [0.25, 0.3) is 0 Å². The zero-order chi connectivity index (χ0) is 15.0. The van der Waals surface area contributed by atoms with Gasteiger partial charge in [-0.05, 0) is 32.6 Å². The third-order valence-corrected chi connectivity index (χ3v) is 4.51. The van der Waals surface area contributed by atoms with E-state index >= 15 is 0 Å². The van der Waals surface area contributed by atoms with E-state index in [0.29, 0.717) is 18.5 Å². The number of nitrogens with one attached hydrogen (secondary N) is 1. The average Bonchev–Trinajstić information content (AvgIpc) is 3.31. The van der Waals surface area contributed by atoms with Crippen LogP contribution < -0.4 is 16.0 Å². The Morgan fingerprint density at radius 3 is 2.71 bits per heavy atom. The molecule has 1 saturated heterocycles. The summed E-state index contributed by atoms with van der Waals surface area (Å²) in [5.41, 5.74) is 5.49. The Morgan fingerprint density at radius 1 is 1.33 bits per heavy atom. The van der Waals surface area contributed by atoms with Gasteiger partial charge in [0.1, 0.15) is 17.5 Å². The average molecular weight is 289 g/mol. The SMILES string of the molecule is CNc1cc(N2CC(C(N)=O)CCC2C)nc(C2CC2)n1. The van der Waals surface area contributed by atoms with Gasteiger partial charge < -0.3 is 16.0 Å². The summed E-state index contributed by atoms with van der Waals surface area (Å²) < 4.78 is 0. The van der Waals surface area contributed by atoms with Crippen LogP contribution in [0.15, 0.2) is 6.07 Å². The van der Waals surface area contributed by atoms with Crippen molar-refractivity contribution in [1.29, 1.82) is 0 Å². The molecule has 3 rings (SSSR count). The normalized spacial score (nSPS) is 25.7. The fourth-order valence-electron chi connectivity index (χ4n) is 2.91. The van der Waals surface area contributed by atoms with Crippen molar-refractivity contribution in [1.82, 2.24) is 9.97 Å². The number of rotatable bonds is 4. The molecule has 2 fully saturated rings. The van der Waals surface area contributed by atoms with E-state index in [1.807, 2.05) is 13.1 Å². The second kappa shape index (κ2) is 5.50. The van der Waals surface area contributed by atoms with Crippen molar-refractivity contribution in [3.63, 3.8) is 0 Å². The number of hydrogen-bond donors (Lipinski definition) is 2. The molecule has 1 amide bonds. The van der Waals surface area contributed by atoms with Gasteiger partial charge in [0.15, 0.2) is 0 Å². The smallest absolute Gasteiger partial charge is 0.222 e. The van der Waals surface area contributed by atoms with Gasteiger partial charge in [-0.1, -0.05) is 0 Å². The van der Waals surface area contributed by atoms with E-state index in [4.69, 9.17) is 10.7 Å². The summed E-state index contributed by atoms with van der Waals surface area (Å²) in [4.78, 5) is 23.0. The van der Waals surface area contributed by atoms with Gasteiger partial charge in [0, 0.05) is 31.6 Å². The standard InChI is InChI=1S/C15H23N5O/c1-9-3-4-11(14(16)21)8-20(9)13-7-12(17-2)18-15(19-13)10-5-6-10/h7,9-11H,3-6,8H2,1-2H3,(H2,16,21)(H,17,18,19). The lowest BCUT2D eigenvalue weighted by Gasteiger charge is -2.38. The van der Waals surface area contributed by atoms with Crippen molar-refractivity contribution < 1.29 is 4.79 Å². The molecule has 2 aliphatic rings. The third-order valence-electron chi connectivity index (χ3n) is 4.51. The number of piperidine rings is 1. The first-order valence-electron chi connectivity index (χ1n) is 7.71. The lowest BCUT2D eigenvalue weighted by Crippen LogP contribution is -2.46. The van der Waals surface area contributed by atoms with E-state index in [-0.39, 0.29) is 11.8 Å². The van der Waals surface area contributed by atoms with Gasteiger partial charge >= 0.3 is 0 Å². The van der Waals surface area contributed by atoms with E-state index in [1.165, 1.54) is 12.8 Å². The quantitative estimate of drug-likeness (QED) is 0.877. The lowest BCUT2D eigenvalue weighted by atomic mass is 9.93. The highest BCUT2D eigenvalue weighted by atomic mass is 16.1. The van der Waals surface area contributed by atoms with Crippen molar-refractivity contribution in [3.05, 3.63) is 11.9 Å². The molecule has 0 radical (unpaired) electrons. The van der Waals surface area contributed by atoms with E-state index in [9.17, 15) is 4.79 Å². The first-order chi connectivity index (χ1) is 10.1. The largest absolute Gasteiger partial charge is 0.373 e. The van der Waals surface area contributed by atoms with Gasteiger partial charge in [0.05, 0.1) is 5.92 Å². The second-order valence-corrected chi connectivity index (χ2v) is 6.17. The molecule has 0 spiro atoms. The molecule has 2 heterocycles. The molecule has 6 nitrogen and oxygen atoms in total. The Hall–Kier alpha value is -1.85. The van der Waals surface area contributed by atoms with Crippen molar-refractivity contribution in [2.24, 2.45) is 11.7 Å². The molecule has 2 atom stereocenters. The molecule has 21 heavy (non-hydrogen) atoms. The summed E-state index contributed by atoms with van der Waals surface area (Å²) in [6.07, 6.45) is 4.18. The zero-order valence-corrected chi connectivity index (χ0v) is 12.7. The highest BCUT2D eigenvalue weighted by Crippen LogP contribution is 2.39. The first-order valence-corrected chi connectivity index (χ1v) is 7.71. The Balaban J connectivity index is 1.89. The van der Waals surface area contributed by atoms with Gasteiger partial charge in [-0.15, -0.1) is 0 Å². The van der Waals surface area contributed by atoms with Crippen LogP contribution in [0.1, 0.15) is 44.3 Å². The van der Waals surface area contributed by atoms with Crippen LogP contribution in [-0.2, 0) is 4.79 Å². The maximum atomic E-state index is 11.5. The molecule has 2 unspecified atom stereocenters. The molecule has 1 aromatic rings. The van der Waals surface area contributed by atoms with Crippen LogP contribution in [0.4, 0.5) is 11.6 Å². The van der Waals surface area contributed by atoms with E-state index in [2.05, 4.69) is 22.1 Å². The molecule has 1 aliphatic heterocycles. The minimum atomic E-state index is -0.211. The molecule has 114 valence electrons. The maximum absolute atomic E-state index is 11.5. The molecule has 6 heteroatoms. The number of aromatic nitrogens is 2. The number of nitrogens with zero attached hydrogens (tertiary/aromatic N) is 3. The predicted octanol–water partition coefficient (Wildman–Crippen LogP) is 1.49. The van der Waals surface area contributed by atoms with Crippen LogP contribution in [-0.4, -0.2) is 35.5 Å². The number of amides is 1. The molecule has 0 aromatic carbocycles. The van der Waals surface area contributed by atoms with Crippen molar-refractivity contribution in [3.8, 4) is 0 Å². The fourth-order valence-corrected chi connectivity index (χ4v) is 2.91. The minimum Gasteiger partial charge on any atom is -0.373 e. The number of nitrogens with two attached hydrogens (primary N) is 1. The highest BCUT2D eigenvalue weighted by Gasteiger charge is 2.32. The monoisotopic (exact) mass is 289 g/mol. The number of primary amides is 1. The van der Waals surface area contributed by atoms with Gasteiger partial charge in [0.25, 0.3) is 0 Å². The maximum Gasteiger partial charge on any atom is 0.222 e. The van der Waals surface area contributed by atoms with E-state index in [1.54, 1.807) is 0 Å². The third kappa shape index (κ3) is 2.94. The molecule has 3 N–H and O–H groups in total. The van der Waals surface area contributed by atoms with Crippen LogP contribution in [0.2, 0.25) is 0 Å². The van der Waals surface area contributed by atoms with Gasteiger partial charge in [-0.25, -0.2) is 9.97 Å². The minimum absolute atomic E-state index is 0.0847. The highest BCUT2D eigenvalue weighted by molar-refractivity contribution is 5.77. The second-order valence-electron chi connectivity index (χ2n) is 6.17. The first kappa shape index (κ1) is 14.1. The predicted molar refractivity (Wildman–Crippen MR) is 82.3 cm³/mol. The molecule has 1 aromatic heterocycles. The van der Waals surface area contributed by atoms with Gasteiger partial charge in [0.2, 0.25) is 5.91 Å². The number of anilines is 2. The molecular weight excluding hydrogens is 266 g/mol. The Labute approximate surface area is 125 Å². The van der Waals surface area contributed by atoms with Gasteiger partial charge in [-0.2, -0.15) is 0 Å². The summed E-state index contributed by atoms with van der Waals surface area (Å²) in [5.74, 6) is 2.88. The summed E-state index contributed by atoms with van der Waals surface area (Å²) in [7, 11) is 1.87. The van der Waals surface area contributed by atoms with Gasteiger partial charge in [-0.3, -0.25) is 4.79 Å². The van der Waals surface area contributed by atoms with Crippen LogP contribution in [0, 0.1) is 5.92 Å². The lowest BCUT2D eigenvalue weighted by molar-refractivity contribution is -0.122. The van der Waals surface area contributed by atoms with Crippen molar-refractivity contribution in [2.75, 3.05) is 23.8 Å². The number of hydrogen-bond acceptors (Lipinski definition) is 5. The topological polar surface area (TPSA) is 84.1 Å². The van der Waals surface area contributed by atoms with Crippen molar-refractivity contribution >= 4 is 17.5 Å².